The van der Waals surface area contributed by atoms with Gasteiger partial charge in [0.15, 0.2) is 0 Å². The summed E-state index contributed by atoms with van der Waals surface area (Å²) in [4.78, 5) is 30.0. The van der Waals surface area contributed by atoms with Crippen LogP contribution in [0.15, 0.2) is 0 Å². The van der Waals surface area contributed by atoms with Gasteiger partial charge in [-0.3, -0.25) is 4.79 Å². The van der Waals surface area contributed by atoms with Crippen LogP contribution in [0.25, 0.3) is 0 Å². The Labute approximate surface area is 85.9 Å². The maximum Gasteiger partial charge on any atom is 0.217 e. The van der Waals surface area contributed by atoms with Gasteiger partial charge in [-0.25, -0.2) is 0 Å². The fourth-order valence-corrected chi connectivity index (χ4v) is 0.352. The molecular weight excluding hydrogens is 182 g/mol. The summed E-state index contributed by atoms with van der Waals surface area (Å²) in [5.74, 6) is -0.0783. The minimum absolute atomic E-state index is 0. The molecule has 0 bridgehead atoms. The van der Waals surface area contributed by atoms with Crippen LogP contribution in [0.5, 0.6) is 0 Å². The van der Waals surface area contributed by atoms with Gasteiger partial charge >= 0.3 is 0 Å². The molecule has 84 valence electrons. The second kappa shape index (κ2) is 11.8. The maximum absolute atomic E-state index is 10.2. The molecule has 0 atom stereocenters. The summed E-state index contributed by atoms with van der Waals surface area (Å²) in [6.07, 6.45) is 1.24. The number of rotatable bonds is 4. The first-order valence-corrected chi connectivity index (χ1v) is 4.17. The van der Waals surface area contributed by atoms with Gasteiger partial charge in [0.2, 0.25) is 5.91 Å². The zero-order valence-corrected chi connectivity index (χ0v) is 8.42. The van der Waals surface area contributed by atoms with E-state index in [1.54, 1.807) is 6.92 Å². The predicted octanol–water partition coefficient (Wildman–Crippen LogP) is 1.46. The average Bonchev–Trinajstić information content (AvgIpc) is 2.02. The zero-order chi connectivity index (χ0) is 10.9. The molecule has 0 aliphatic rings. The first-order valence-electron chi connectivity index (χ1n) is 4.17. The lowest BCUT2D eigenvalue weighted by Crippen LogP contribution is -2.06. The molecule has 14 heavy (non-hydrogen) atoms. The molecule has 0 heterocycles. The monoisotopic (exact) mass is 203 g/mol. The molecule has 4 heteroatoms. The second-order valence-electron chi connectivity index (χ2n) is 2.72. The third-order valence-electron chi connectivity index (χ3n) is 1.18. The first-order chi connectivity index (χ1) is 5.90. The van der Waals surface area contributed by atoms with Gasteiger partial charge in [-0.05, 0) is 13.8 Å². The Kier molecular flexibility index (Phi) is 15.7. The maximum atomic E-state index is 10.2. The Morgan fingerprint density at radius 2 is 1.21 bits per heavy atom. The Bertz CT molecular complexity index is 174. The van der Waals surface area contributed by atoms with Crippen LogP contribution in [0, 0.1) is 0 Å². The Morgan fingerprint density at radius 3 is 1.29 bits per heavy atom. The van der Waals surface area contributed by atoms with Gasteiger partial charge in [0.1, 0.15) is 11.6 Å². The average molecular weight is 203 g/mol. The van der Waals surface area contributed by atoms with Crippen LogP contribution >= 0.6 is 0 Å². The number of nitrogens with two attached hydrogens (primary N) is 1. The quantitative estimate of drug-likeness (QED) is 0.751. The van der Waals surface area contributed by atoms with Crippen molar-refractivity contribution in [1.29, 1.82) is 0 Å². The van der Waals surface area contributed by atoms with Crippen molar-refractivity contribution in [3.63, 3.8) is 0 Å². The van der Waals surface area contributed by atoms with Crippen LogP contribution in [-0.4, -0.2) is 17.5 Å². The van der Waals surface area contributed by atoms with Crippen molar-refractivity contribution in [3.05, 3.63) is 0 Å². The molecule has 0 fully saturated rings. The van der Waals surface area contributed by atoms with Crippen molar-refractivity contribution < 1.29 is 14.4 Å². The molecule has 0 saturated heterocycles. The van der Waals surface area contributed by atoms with Gasteiger partial charge < -0.3 is 15.3 Å². The highest BCUT2D eigenvalue weighted by atomic mass is 16.1. The Balaban J connectivity index is -0.000000177. The first kappa shape index (κ1) is 18.6. The van der Waals surface area contributed by atoms with E-state index in [2.05, 4.69) is 5.73 Å². The molecule has 0 aromatic rings. The Hall–Kier alpha value is -1.19. The zero-order valence-electron chi connectivity index (χ0n) is 8.42. The molecule has 0 aliphatic heterocycles. The number of amides is 1. The number of hydrogen-bond donors (Lipinski definition) is 1. The van der Waals surface area contributed by atoms with Gasteiger partial charge in [0.25, 0.3) is 0 Å². The molecule has 4 nitrogen and oxygen atoms in total. The molecule has 2 N–H and O–H groups in total. The lowest BCUT2D eigenvalue weighted by molar-refractivity contribution is -0.122. The largest absolute Gasteiger partial charge is 0.370 e. The third kappa shape index (κ3) is 30.8. The van der Waals surface area contributed by atoms with E-state index < -0.39 is 0 Å². The number of primary amides is 1. The van der Waals surface area contributed by atoms with Crippen LogP contribution in [0.4, 0.5) is 0 Å². The summed E-state index contributed by atoms with van der Waals surface area (Å²) < 4.78 is 0. The topological polar surface area (TPSA) is 77.2 Å². The van der Waals surface area contributed by atoms with E-state index in [0.717, 1.165) is 0 Å². The van der Waals surface area contributed by atoms with Gasteiger partial charge in [-0.15, -0.1) is 0 Å². The standard InChI is InChI=1S/C6H10O2.C3H7NO.CH4/c1-5(7)3-4-6(2)8;1-2-3(4)5;/h3-4H2,1-2H3;2H2,1H3,(H2,4,5);1H4. The van der Waals surface area contributed by atoms with Crippen molar-refractivity contribution in [2.45, 2.75) is 47.5 Å². The fraction of sp³-hybridized carbons (Fsp3) is 0.700. The molecule has 0 aromatic carbocycles. The predicted molar refractivity (Wildman–Crippen MR) is 56.8 cm³/mol. The number of ketones is 2. The highest BCUT2D eigenvalue weighted by molar-refractivity contribution is 5.83. The minimum atomic E-state index is -0.245. The lowest BCUT2D eigenvalue weighted by Gasteiger charge is -1.86. The summed E-state index contributed by atoms with van der Waals surface area (Å²) >= 11 is 0. The van der Waals surface area contributed by atoms with Gasteiger partial charge in [0, 0.05) is 19.3 Å². The minimum Gasteiger partial charge on any atom is -0.370 e. The summed E-state index contributed by atoms with van der Waals surface area (Å²) in [6, 6.07) is 0. The summed E-state index contributed by atoms with van der Waals surface area (Å²) in [5, 5.41) is 0. The lowest BCUT2D eigenvalue weighted by atomic mass is 10.2. The van der Waals surface area contributed by atoms with E-state index in [0.29, 0.717) is 19.3 Å². The van der Waals surface area contributed by atoms with Crippen molar-refractivity contribution in [2.75, 3.05) is 0 Å². The van der Waals surface area contributed by atoms with Crippen molar-refractivity contribution in [2.24, 2.45) is 5.73 Å². The van der Waals surface area contributed by atoms with Crippen molar-refractivity contribution in [1.82, 2.24) is 0 Å². The van der Waals surface area contributed by atoms with Crippen LogP contribution in [0.2, 0.25) is 0 Å². The molecule has 0 aliphatic carbocycles. The SMILES string of the molecule is C.CC(=O)CCC(C)=O.CCC(N)=O. The molecule has 0 rings (SSSR count). The van der Waals surface area contributed by atoms with E-state index in [4.69, 9.17) is 0 Å². The molecule has 0 spiro atoms. The highest BCUT2D eigenvalue weighted by Crippen LogP contribution is 1.89. The van der Waals surface area contributed by atoms with E-state index in [-0.39, 0.29) is 24.9 Å². The van der Waals surface area contributed by atoms with Gasteiger partial charge in [-0.2, -0.15) is 0 Å². The number of carbonyl (C=O) groups excluding carboxylic acids is 3. The Morgan fingerprint density at radius 1 is 1.00 bits per heavy atom. The molecule has 0 radical (unpaired) electrons. The van der Waals surface area contributed by atoms with E-state index in [1.165, 1.54) is 13.8 Å². The second-order valence-corrected chi connectivity index (χ2v) is 2.72. The fourth-order valence-electron chi connectivity index (χ4n) is 0.352. The van der Waals surface area contributed by atoms with E-state index in [1.807, 2.05) is 0 Å². The molecule has 0 saturated carbocycles. The third-order valence-corrected chi connectivity index (χ3v) is 1.18. The molecule has 0 aromatic heterocycles. The van der Waals surface area contributed by atoms with Crippen molar-refractivity contribution >= 4 is 17.5 Å². The van der Waals surface area contributed by atoms with Gasteiger partial charge in [0.05, 0.1) is 0 Å². The summed E-state index contributed by atoms with van der Waals surface area (Å²) in [7, 11) is 0. The van der Waals surface area contributed by atoms with Crippen LogP contribution in [0.1, 0.15) is 47.5 Å². The summed E-state index contributed by atoms with van der Waals surface area (Å²) in [6.45, 7) is 4.70. The molecule has 1 amide bonds. The highest BCUT2D eigenvalue weighted by Gasteiger charge is 1.95. The van der Waals surface area contributed by atoms with E-state index in [9.17, 15) is 14.4 Å². The molecular formula is C10H21NO3. The van der Waals surface area contributed by atoms with Crippen LogP contribution in [-0.2, 0) is 14.4 Å². The van der Waals surface area contributed by atoms with Gasteiger partial charge in [-0.1, -0.05) is 14.4 Å². The normalized spacial score (nSPS) is 7.64. The number of carbonyl (C=O) groups is 3. The smallest absolute Gasteiger partial charge is 0.217 e. The van der Waals surface area contributed by atoms with Crippen LogP contribution in [0.3, 0.4) is 0 Å². The van der Waals surface area contributed by atoms with E-state index >= 15 is 0 Å². The molecule has 0 unspecified atom stereocenters. The number of hydrogen-bond acceptors (Lipinski definition) is 3. The number of Topliss-reactive ketones (excluding diaryl/α,β-unsaturated/α-hetero) is 2. The van der Waals surface area contributed by atoms with Crippen LogP contribution < -0.4 is 5.73 Å². The summed E-state index contributed by atoms with van der Waals surface area (Å²) in [5.41, 5.74) is 4.65. The van der Waals surface area contributed by atoms with Crippen molar-refractivity contribution in [3.8, 4) is 0 Å².